The van der Waals surface area contributed by atoms with Crippen LogP contribution in [0.4, 0.5) is 0 Å². The lowest BCUT2D eigenvalue weighted by Crippen LogP contribution is -2.35. The Morgan fingerprint density at radius 3 is 0.869 bits per heavy atom. The molecule has 61 heavy (non-hydrogen) atoms. The van der Waals surface area contributed by atoms with Gasteiger partial charge in [-0.3, -0.25) is 33.8 Å². The monoisotopic (exact) mass is 882 g/mol. The third-order valence-corrected chi connectivity index (χ3v) is 8.34. The molecule has 13 heteroatoms. The molecule has 0 radical (unpaired) electrons. The van der Waals surface area contributed by atoms with Gasteiger partial charge in [0, 0.05) is 71.2 Å². The fraction of sp³-hybridized carbons (Fsp3) is 0.917. The minimum absolute atomic E-state index is 0.00231. The molecular weight excluding hydrogens is 771 g/mol. The SMILES string of the molecule is CC(C)C(=O)N(C)C.CC(C)CN(C)C.CC(C)N(C)CN(C)C.CCC(C)C.CCN(C)C(=O)C(C)C.CCN(C)C(C)C.COC(=O)C(C)C.CON(C)C(=O)C(C)C. The molecule has 0 aliphatic rings. The summed E-state index contributed by atoms with van der Waals surface area (Å²) in [6.45, 7) is 43.1. The smallest absolute Gasteiger partial charge is 0.308 e. The first kappa shape index (κ1) is 76.0. The van der Waals surface area contributed by atoms with Crippen molar-refractivity contribution in [2.75, 3.05) is 111 Å². The van der Waals surface area contributed by atoms with E-state index in [1.165, 1.54) is 32.2 Å². The van der Waals surface area contributed by atoms with Crippen LogP contribution in [0.1, 0.15) is 138 Å². The molecule has 0 aliphatic carbocycles. The fourth-order valence-electron chi connectivity index (χ4n) is 3.51. The van der Waals surface area contributed by atoms with Crippen molar-refractivity contribution in [3.63, 3.8) is 0 Å². The van der Waals surface area contributed by atoms with E-state index in [1.807, 2.05) is 55.5 Å². The van der Waals surface area contributed by atoms with Crippen molar-refractivity contribution >= 4 is 23.7 Å². The van der Waals surface area contributed by atoms with Gasteiger partial charge >= 0.3 is 5.97 Å². The van der Waals surface area contributed by atoms with Gasteiger partial charge in [-0.1, -0.05) is 103 Å². The van der Waals surface area contributed by atoms with Crippen LogP contribution < -0.4 is 0 Å². The normalized spacial score (nSPS) is 10.3. The number of nitrogens with zero attached hydrogens (tertiary/aromatic N) is 7. The Kier molecular flexibility index (Phi) is 60.7. The van der Waals surface area contributed by atoms with Crippen molar-refractivity contribution in [3.8, 4) is 0 Å². The lowest BCUT2D eigenvalue weighted by Gasteiger charge is -2.24. The van der Waals surface area contributed by atoms with Crippen LogP contribution in [0.25, 0.3) is 0 Å². The van der Waals surface area contributed by atoms with Crippen LogP contribution in [-0.4, -0.2) is 181 Å². The average Bonchev–Trinajstić information content (AvgIpc) is 3.15. The highest BCUT2D eigenvalue weighted by Crippen LogP contribution is 1.99. The van der Waals surface area contributed by atoms with Gasteiger partial charge in [-0.05, 0) is 102 Å². The maximum absolute atomic E-state index is 11.0. The Morgan fingerprint density at radius 2 is 0.820 bits per heavy atom. The standard InChI is InChI=1S/C7H18N2.C7H15NO.C6H13NO2.C6H13NO.2C6H15N.C5H10O2.C5H12/c1-7(2)9(5)6-8(3)4;1-5-8(4)7(9)6(2)3;1-5(2)6(8)7(3)9-4;1-5(2)6(8)7(3)4;1-6(2)5-7(3)4;1-5-7(4)6(2)3;1-4(2)5(6)7-3;1-4-5(2)3/h7H,6H2,1-5H3;6H,5H2,1-4H3;5H,1-4H3;5H,1-4H3;2*6H,5H2,1-4H3;4H,1-3H3;5H,4H2,1-3H3. The molecule has 0 aromatic rings. The van der Waals surface area contributed by atoms with E-state index >= 15 is 0 Å². The molecule has 3 amide bonds. The number of ether oxygens (including phenoxy) is 1. The maximum atomic E-state index is 11.0. The van der Waals surface area contributed by atoms with Gasteiger partial charge in [0.15, 0.2) is 0 Å². The third-order valence-electron chi connectivity index (χ3n) is 8.34. The summed E-state index contributed by atoms with van der Waals surface area (Å²) >= 11 is 0. The first-order valence-electron chi connectivity index (χ1n) is 22.6. The number of rotatable bonds is 14. The number of hydrogen-bond acceptors (Lipinski definition) is 10. The number of methoxy groups -OCH3 is 1. The second-order valence-electron chi connectivity index (χ2n) is 18.4. The lowest BCUT2D eigenvalue weighted by molar-refractivity contribution is -0.172. The quantitative estimate of drug-likeness (QED) is 0.0955. The molecule has 0 N–H and O–H groups in total. The molecule has 0 spiro atoms. The highest BCUT2D eigenvalue weighted by molar-refractivity contribution is 5.78. The van der Waals surface area contributed by atoms with Crippen LogP contribution in [0.5, 0.6) is 0 Å². The summed E-state index contributed by atoms with van der Waals surface area (Å²) in [4.78, 5) is 59.9. The van der Waals surface area contributed by atoms with E-state index < -0.39 is 0 Å². The number of carbonyl (C=O) groups is 4. The molecule has 0 fully saturated rings. The summed E-state index contributed by atoms with van der Waals surface area (Å²) in [5.41, 5.74) is 0. The Bertz CT molecular complexity index is 928. The van der Waals surface area contributed by atoms with Gasteiger partial charge in [0.25, 0.3) is 0 Å². The largest absolute Gasteiger partial charge is 0.469 e. The van der Waals surface area contributed by atoms with Crippen LogP contribution in [0.3, 0.4) is 0 Å². The molecule has 0 atom stereocenters. The molecule has 0 aromatic carbocycles. The zero-order valence-corrected chi connectivity index (χ0v) is 46.7. The average molecular weight is 882 g/mol. The van der Waals surface area contributed by atoms with E-state index in [4.69, 9.17) is 0 Å². The van der Waals surface area contributed by atoms with E-state index in [0.717, 1.165) is 31.6 Å². The second kappa shape index (κ2) is 48.7. The minimum Gasteiger partial charge on any atom is -0.469 e. The minimum atomic E-state index is -0.153. The summed E-state index contributed by atoms with van der Waals surface area (Å²) in [5, 5.41) is 1.23. The molecule has 13 nitrogen and oxygen atoms in total. The predicted octanol–water partition coefficient (Wildman–Crippen LogP) is 8.78. The van der Waals surface area contributed by atoms with Gasteiger partial charge in [-0.25, -0.2) is 5.06 Å². The molecular formula is C48H111N7O6. The number of carbonyl (C=O) groups excluding carboxylic acids is 4. The van der Waals surface area contributed by atoms with E-state index in [0.29, 0.717) is 12.1 Å². The zero-order chi connectivity index (χ0) is 50.9. The van der Waals surface area contributed by atoms with Gasteiger partial charge in [0.05, 0.1) is 20.1 Å². The number of hydroxylamine groups is 2. The van der Waals surface area contributed by atoms with Gasteiger partial charge in [-0.15, -0.1) is 0 Å². The van der Waals surface area contributed by atoms with Crippen molar-refractivity contribution in [2.45, 2.75) is 150 Å². The van der Waals surface area contributed by atoms with Crippen molar-refractivity contribution in [2.24, 2.45) is 35.5 Å². The van der Waals surface area contributed by atoms with E-state index in [2.05, 4.69) is 141 Å². The van der Waals surface area contributed by atoms with Crippen LogP contribution in [-0.2, 0) is 28.8 Å². The zero-order valence-electron chi connectivity index (χ0n) is 46.7. The maximum Gasteiger partial charge on any atom is 0.308 e. The molecule has 0 unspecified atom stereocenters. The Morgan fingerprint density at radius 1 is 0.459 bits per heavy atom. The van der Waals surface area contributed by atoms with Crippen LogP contribution in [0, 0.1) is 35.5 Å². The van der Waals surface area contributed by atoms with Gasteiger partial charge in [-0.2, -0.15) is 0 Å². The molecule has 374 valence electrons. The molecule has 0 aromatic heterocycles. The number of esters is 1. The van der Waals surface area contributed by atoms with E-state index in [9.17, 15) is 19.2 Å². The highest BCUT2D eigenvalue weighted by Gasteiger charge is 2.11. The Balaban J connectivity index is -0.0000000882. The molecule has 0 rings (SSSR count). The van der Waals surface area contributed by atoms with E-state index in [1.54, 1.807) is 44.8 Å². The fourth-order valence-corrected chi connectivity index (χ4v) is 3.51. The topological polar surface area (TPSA) is 109 Å². The van der Waals surface area contributed by atoms with Crippen molar-refractivity contribution < 1.29 is 28.8 Å². The van der Waals surface area contributed by atoms with Gasteiger partial charge in [0.2, 0.25) is 17.7 Å². The summed E-state index contributed by atoms with van der Waals surface area (Å²) in [6.07, 6.45) is 1.31. The number of amides is 3. The Hall–Kier alpha value is -2.32. The highest BCUT2D eigenvalue weighted by atomic mass is 16.7. The first-order chi connectivity index (χ1) is 27.5. The summed E-state index contributed by atoms with van der Waals surface area (Å²) in [6, 6.07) is 1.34. The molecule has 0 saturated heterocycles. The Labute approximate surface area is 382 Å². The molecule has 0 saturated carbocycles. The van der Waals surface area contributed by atoms with Crippen LogP contribution >= 0.6 is 0 Å². The summed E-state index contributed by atoms with van der Waals surface area (Å²) in [7, 11) is 22.4. The second-order valence-corrected chi connectivity index (χ2v) is 18.4. The van der Waals surface area contributed by atoms with E-state index in [-0.39, 0.29) is 47.4 Å². The number of hydrogen-bond donors (Lipinski definition) is 0. The lowest BCUT2D eigenvalue weighted by atomic mass is 10.2. The van der Waals surface area contributed by atoms with Crippen LogP contribution in [0.2, 0.25) is 0 Å². The van der Waals surface area contributed by atoms with Crippen molar-refractivity contribution in [3.05, 3.63) is 0 Å². The first-order valence-corrected chi connectivity index (χ1v) is 22.6. The molecule has 0 heterocycles. The molecule has 0 bridgehead atoms. The van der Waals surface area contributed by atoms with Crippen molar-refractivity contribution in [1.82, 2.24) is 34.5 Å². The van der Waals surface area contributed by atoms with Crippen LogP contribution in [0.15, 0.2) is 0 Å². The third kappa shape index (κ3) is 67.0. The van der Waals surface area contributed by atoms with Gasteiger partial charge in [0.1, 0.15) is 0 Å². The summed E-state index contributed by atoms with van der Waals surface area (Å²) < 4.78 is 4.37. The van der Waals surface area contributed by atoms with Gasteiger partial charge < -0.3 is 24.3 Å². The molecule has 0 aliphatic heterocycles. The van der Waals surface area contributed by atoms with Crippen molar-refractivity contribution in [1.29, 1.82) is 0 Å². The predicted molar refractivity (Wildman–Crippen MR) is 267 cm³/mol. The summed E-state index contributed by atoms with van der Waals surface area (Å²) in [5.74, 6) is 2.21.